The van der Waals surface area contributed by atoms with Gasteiger partial charge in [-0.1, -0.05) is 18.9 Å². The fourth-order valence-electron chi connectivity index (χ4n) is 3.25. The van der Waals surface area contributed by atoms with Gasteiger partial charge in [0.2, 0.25) is 0 Å². The van der Waals surface area contributed by atoms with Crippen LogP contribution in [-0.2, 0) is 0 Å². The molecule has 4 nitrogen and oxygen atoms in total. The van der Waals surface area contributed by atoms with Crippen LogP contribution >= 0.6 is 0 Å². The van der Waals surface area contributed by atoms with Crippen LogP contribution in [0, 0.1) is 0 Å². The summed E-state index contributed by atoms with van der Waals surface area (Å²) in [4.78, 5) is 2.31. The number of benzene rings is 1. The molecule has 0 heterocycles. The first-order chi connectivity index (χ1) is 9.46. The van der Waals surface area contributed by atoms with E-state index >= 15 is 0 Å². The van der Waals surface area contributed by atoms with Crippen molar-refractivity contribution >= 4 is 0 Å². The Kier molecular flexibility index (Phi) is 4.55. The largest absolute Gasteiger partial charge is 0.507 e. The lowest BCUT2D eigenvalue weighted by atomic mass is 9.95. The van der Waals surface area contributed by atoms with Crippen LogP contribution in [0.4, 0.5) is 0 Å². The van der Waals surface area contributed by atoms with Crippen molar-refractivity contribution in [3.8, 4) is 11.5 Å². The topological polar surface area (TPSA) is 55.7 Å². The van der Waals surface area contributed by atoms with Crippen molar-refractivity contribution in [1.82, 2.24) is 10.2 Å². The zero-order valence-electron chi connectivity index (χ0n) is 12.7. The molecule has 0 bridgehead atoms. The summed E-state index contributed by atoms with van der Waals surface area (Å²) in [6.45, 7) is 2.85. The number of likely N-dealkylation sites (N-methyl/N-ethyl adjacent to an activating group) is 1. The van der Waals surface area contributed by atoms with E-state index in [2.05, 4.69) is 24.3 Å². The minimum atomic E-state index is -0.0753. The summed E-state index contributed by atoms with van der Waals surface area (Å²) >= 11 is 0. The van der Waals surface area contributed by atoms with Gasteiger partial charge in [0.05, 0.1) is 5.56 Å². The van der Waals surface area contributed by atoms with Gasteiger partial charge in [0.1, 0.15) is 11.5 Å². The van der Waals surface area contributed by atoms with Crippen molar-refractivity contribution < 1.29 is 10.2 Å². The summed E-state index contributed by atoms with van der Waals surface area (Å²) in [7, 11) is 4.27. The molecule has 0 saturated heterocycles. The van der Waals surface area contributed by atoms with E-state index in [0.29, 0.717) is 5.56 Å². The molecule has 1 atom stereocenters. The van der Waals surface area contributed by atoms with Crippen molar-refractivity contribution in [1.29, 1.82) is 0 Å². The number of phenols is 2. The van der Waals surface area contributed by atoms with Crippen LogP contribution in [0.1, 0.15) is 44.2 Å². The van der Waals surface area contributed by atoms with Crippen molar-refractivity contribution in [2.75, 3.05) is 20.6 Å². The predicted molar refractivity (Wildman–Crippen MR) is 81.1 cm³/mol. The Labute approximate surface area is 121 Å². The average Bonchev–Trinajstić information content (AvgIpc) is 2.86. The highest BCUT2D eigenvalue weighted by atomic mass is 16.3. The summed E-state index contributed by atoms with van der Waals surface area (Å²) in [5.41, 5.74) is 0.785. The number of hydrogen-bond donors (Lipinski definition) is 3. The Morgan fingerprint density at radius 2 is 1.75 bits per heavy atom. The first-order valence-corrected chi connectivity index (χ1v) is 7.38. The van der Waals surface area contributed by atoms with Gasteiger partial charge in [-0.05, 0) is 46.0 Å². The van der Waals surface area contributed by atoms with Crippen LogP contribution in [0.25, 0.3) is 0 Å². The number of phenolic OH excluding ortho intramolecular Hbond substituents is 2. The zero-order valence-corrected chi connectivity index (χ0v) is 12.7. The smallest absolute Gasteiger partial charge is 0.124 e. The SMILES string of the molecule is CC(NCC1(N(C)C)CCCC1)c1c(O)cccc1O. The Morgan fingerprint density at radius 3 is 2.25 bits per heavy atom. The second kappa shape index (κ2) is 6.02. The summed E-state index contributed by atoms with van der Waals surface area (Å²) in [6.07, 6.45) is 4.95. The molecule has 1 saturated carbocycles. The van der Waals surface area contributed by atoms with Gasteiger partial charge in [0.15, 0.2) is 0 Å². The molecule has 1 aromatic carbocycles. The molecule has 0 aromatic heterocycles. The second-order valence-electron chi connectivity index (χ2n) is 6.14. The monoisotopic (exact) mass is 278 g/mol. The zero-order chi connectivity index (χ0) is 14.8. The maximum absolute atomic E-state index is 9.92. The van der Waals surface area contributed by atoms with E-state index in [0.717, 1.165) is 6.54 Å². The molecule has 1 aliphatic carbocycles. The molecule has 0 aliphatic heterocycles. The maximum Gasteiger partial charge on any atom is 0.124 e. The van der Waals surface area contributed by atoms with Gasteiger partial charge in [-0.15, -0.1) is 0 Å². The van der Waals surface area contributed by atoms with Gasteiger partial charge in [-0.25, -0.2) is 0 Å². The van der Waals surface area contributed by atoms with E-state index in [4.69, 9.17) is 0 Å². The molecule has 1 fully saturated rings. The summed E-state index contributed by atoms with van der Waals surface area (Å²) < 4.78 is 0. The van der Waals surface area contributed by atoms with Gasteiger partial charge >= 0.3 is 0 Å². The Morgan fingerprint density at radius 1 is 1.20 bits per heavy atom. The third-order valence-electron chi connectivity index (χ3n) is 4.71. The van der Waals surface area contributed by atoms with Crippen LogP contribution in [0.3, 0.4) is 0 Å². The Hall–Kier alpha value is -1.26. The molecule has 1 aliphatic rings. The van der Waals surface area contributed by atoms with Crippen LogP contribution in [0.2, 0.25) is 0 Å². The van der Waals surface area contributed by atoms with E-state index in [1.54, 1.807) is 18.2 Å². The molecule has 0 spiro atoms. The summed E-state index contributed by atoms with van der Waals surface area (Å²) in [5.74, 6) is 0.297. The number of nitrogens with zero attached hydrogens (tertiary/aromatic N) is 1. The predicted octanol–water partition coefficient (Wildman–Crippen LogP) is 2.62. The van der Waals surface area contributed by atoms with Gasteiger partial charge in [-0.3, -0.25) is 0 Å². The van der Waals surface area contributed by atoms with Gasteiger partial charge in [-0.2, -0.15) is 0 Å². The van der Waals surface area contributed by atoms with Crippen molar-refractivity contribution in [2.45, 2.75) is 44.2 Å². The quantitative estimate of drug-likeness (QED) is 0.775. The van der Waals surface area contributed by atoms with E-state index in [9.17, 15) is 10.2 Å². The second-order valence-corrected chi connectivity index (χ2v) is 6.14. The summed E-state index contributed by atoms with van der Waals surface area (Å²) in [5, 5.41) is 23.3. The van der Waals surface area contributed by atoms with Crippen molar-refractivity contribution in [3.05, 3.63) is 23.8 Å². The molecule has 2 rings (SSSR count). The first-order valence-electron chi connectivity index (χ1n) is 7.38. The highest BCUT2D eigenvalue weighted by molar-refractivity contribution is 5.44. The van der Waals surface area contributed by atoms with E-state index in [1.807, 2.05) is 6.92 Å². The molecule has 4 heteroatoms. The van der Waals surface area contributed by atoms with Crippen LogP contribution < -0.4 is 5.32 Å². The molecule has 1 aromatic rings. The third-order valence-corrected chi connectivity index (χ3v) is 4.71. The number of hydrogen-bond acceptors (Lipinski definition) is 4. The van der Waals surface area contributed by atoms with Crippen LogP contribution in [0.5, 0.6) is 11.5 Å². The minimum Gasteiger partial charge on any atom is -0.507 e. The van der Waals surface area contributed by atoms with Crippen LogP contribution in [0.15, 0.2) is 18.2 Å². The molecular weight excluding hydrogens is 252 g/mol. The standard InChI is InChI=1S/C16H26N2O2/c1-12(15-13(19)7-6-8-14(15)20)17-11-16(18(2)3)9-4-5-10-16/h6-8,12,17,19-20H,4-5,9-11H2,1-3H3. The average molecular weight is 278 g/mol. The third kappa shape index (κ3) is 2.91. The van der Waals surface area contributed by atoms with Gasteiger partial charge in [0, 0.05) is 18.1 Å². The maximum atomic E-state index is 9.92. The van der Waals surface area contributed by atoms with Crippen molar-refractivity contribution in [2.24, 2.45) is 0 Å². The highest BCUT2D eigenvalue weighted by Gasteiger charge is 2.36. The van der Waals surface area contributed by atoms with E-state index in [1.165, 1.54) is 25.7 Å². The molecule has 1 unspecified atom stereocenters. The fraction of sp³-hybridized carbons (Fsp3) is 0.625. The molecule has 0 radical (unpaired) electrons. The Balaban J connectivity index is 2.06. The minimum absolute atomic E-state index is 0.0753. The number of rotatable bonds is 5. The molecule has 112 valence electrons. The molecule has 3 N–H and O–H groups in total. The first kappa shape index (κ1) is 15.1. The fourth-order valence-corrected chi connectivity index (χ4v) is 3.25. The van der Waals surface area contributed by atoms with E-state index < -0.39 is 0 Å². The number of nitrogens with one attached hydrogen (secondary N) is 1. The van der Waals surface area contributed by atoms with Crippen molar-refractivity contribution in [3.63, 3.8) is 0 Å². The molecular formula is C16H26N2O2. The highest BCUT2D eigenvalue weighted by Crippen LogP contribution is 2.35. The lowest BCUT2D eigenvalue weighted by Gasteiger charge is -2.37. The molecule has 0 amide bonds. The van der Waals surface area contributed by atoms with Crippen LogP contribution in [-0.4, -0.2) is 41.3 Å². The summed E-state index contributed by atoms with van der Waals surface area (Å²) in [6, 6.07) is 4.81. The number of aromatic hydroxyl groups is 2. The lowest BCUT2D eigenvalue weighted by Crippen LogP contribution is -2.50. The lowest BCUT2D eigenvalue weighted by molar-refractivity contribution is 0.149. The van der Waals surface area contributed by atoms with Gasteiger partial charge in [0.25, 0.3) is 0 Å². The Bertz CT molecular complexity index is 434. The normalized spacial score (nSPS) is 19.4. The molecule has 20 heavy (non-hydrogen) atoms. The van der Waals surface area contributed by atoms with E-state index in [-0.39, 0.29) is 23.1 Å². The van der Waals surface area contributed by atoms with Gasteiger partial charge < -0.3 is 20.4 Å².